The van der Waals surface area contributed by atoms with E-state index in [-0.39, 0.29) is 15.6 Å². The second kappa shape index (κ2) is 4.85. The van der Waals surface area contributed by atoms with Crippen molar-refractivity contribution in [3.63, 3.8) is 0 Å². The molecule has 2 saturated carbocycles. The lowest BCUT2D eigenvalue weighted by atomic mass is 9.96. The standard InChI is InChI=1S/C12H14BrNO5S/c13-11-10(5-9(19-11)12(15)16)20(17,18)14-8-4-6-1-2-7(8)3-6/h5-8,14H,1-4H2,(H,15,16). The maximum atomic E-state index is 12.3. The van der Waals surface area contributed by atoms with Crippen molar-refractivity contribution < 1.29 is 22.7 Å². The molecule has 0 spiro atoms. The highest BCUT2D eigenvalue weighted by atomic mass is 79.9. The predicted octanol–water partition coefficient (Wildman–Crippen LogP) is 2.21. The molecule has 20 heavy (non-hydrogen) atoms. The van der Waals surface area contributed by atoms with E-state index in [9.17, 15) is 13.2 Å². The van der Waals surface area contributed by atoms with Crippen LogP contribution < -0.4 is 4.72 Å². The number of rotatable bonds is 4. The lowest BCUT2D eigenvalue weighted by molar-refractivity contribution is 0.0661. The van der Waals surface area contributed by atoms with Crippen molar-refractivity contribution in [1.29, 1.82) is 0 Å². The summed E-state index contributed by atoms with van der Waals surface area (Å²) in [5, 5.41) is 8.83. The van der Waals surface area contributed by atoms with E-state index >= 15 is 0 Å². The van der Waals surface area contributed by atoms with Gasteiger partial charge in [-0.1, -0.05) is 6.42 Å². The highest BCUT2D eigenvalue weighted by molar-refractivity contribution is 9.10. The Bertz CT molecular complexity index is 653. The van der Waals surface area contributed by atoms with Gasteiger partial charge in [-0.2, -0.15) is 0 Å². The van der Waals surface area contributed by atoms with Gasteiger partial charge in [-0.05, 0) is 47.0 Å². The van der Waals surface area contributed by atoms with Crippen LogP contribution in [0.1, 0.15) is 36.2 Å². The molecule has 6 nitrogen and oxygen atoms in total. The number of aromatic carboxylic acids is 1. The lowest BCUT2D eigenvalue weighted by Crippen LogP contribution is -2.38. The highest BCUT2D eigenvalue weighted by Crippen LogP contribution is 2.45. The fraction of sp³-hybridized carbons (Fsp3) is 0.583. The molecule has 3 atom stereocenters. The zero-order valence-corrected chi connectivity index (χ0v) is 12.9. The van der Waals surface area contributed by atoms with Gasteiger partial charge in [0.15, 0.2) is 4.67 Å². The molecule has 110 valence electrons. The summed E-state index contributed by atoms with van der Waals surface area (Å²) in [6.07, 6.45) is 4.19. The van der Waals surface area contributed by atoms with Crippen molar-refractivity contribution >= 4 is 31.9 Å². The molecule has 2 N–H and O–H groups in total. The maximum Gasteiger partial charge on any atom is 0.371 e. The lowest BCUT2D eigenvalue weighted by Gasteiger charge is -2.22. The summed E-state index contributed by atoms with van der Waals surface area (Å²) in [4.78, 5) is 10.7. The van der Waals surface area contributed by atoms with Gasteiger partial charge >= 0.3 is 5.97 Å². The number of halogens is 1. The molecule has 0 aromatic carbocycles. The van der Waals surface area contributed by atoms with Crippen molar-refractivity contribution in [2.45, 2.75) is 36.6 Å². The van der Waals surface area contributed by atoms with Gasteiger partial charge in [0.2, 0.25) is 15.8 Å². The summed E-state index contributed by atoms with van der Waals surface area (Å²) in [6, 6.07) is 0.982. The van der Waals surface area contributed by atoms with E-state index in [0.717, 1.165) is 25.3 Å². The Hall–Kier alpha value is -0.860. The summed E-state index contributed by atoms with van der Waals surface area (Å²) in [5.74, 6) is -0.674. The van der Waals surface area contributed by atoms with Crippen LogP contribution in [0.3, 0.4) is 0 Å². The SMILES string of the molecule is O=C(O)c1cc(S(=O)(=O)NC2CC3CCC2C3)c(Br)o1. The number of nitrogens with one attached hydrogen (secondary N) is 1. The van der Waals surface area contributed by atoms with E-state index in [1.165, 1.54) is 6.42 Å². The fourth-order valence-corrected chi connectivity index (χ4v) is 5.55. The predicted molar refractivity (Wildman–Crippen MR) is 72.9 cm³/mol. The third-order valence-corrected chi connectivity index (χ3v) is 6.55. The molecule has 2 fully saturated rings. The quantitative estimate of drug-likeness (QED) is 0.854. The Morgan fingerprint density at radius 2 is 2.15 bits per heavy atom. The molecule has 2 bridgehead atoms. The first kappa shape index (κ1) is 14.1. The Morgan fingerprint density at radius 1 is 1.40 bits per heavy atom. The molecule has 1 aromatic rings. The van der Waals surface area contributed by atoms with E-state index in [1.54, 1.807) is 0 Å². The highest BCUT2D eigenvalue weighted by Gasteiger charge is 2.42. The van der Waals surface area contributed by atoms with E-state index in [1.807, 2.05) is 0 Å². The molecule has 1 heterocycles. The van der Waals surface area contributed by atoms with Gasteiger partial charge < -0.3 is 9.52 Å². The second-order valence-electron chi connectivity index (χ2n) is 5.46. The Labute approximate surface area is 124 Å². The average Bonchev–Trinajstić information content (AvgIpc) is 3.02. The molecular formula is C12H14BrNO5S. The van der Waals surface area contributed by atoms with Crippen LogP contribution in [0.4, 0.5) is 0 Å². The van der Waals surface area contributed by atoms with Crippen molar-refractivity contribution in [3.8, 4) is 0 Å². The van der Waals surface area contributed by atoms with Gasteiger partial charge in [-0.15, -0.1) is 0 Å². The van der Waals surface area contributed by atoms with Gasteiger partial charge in [0.25, 0.3) is 0 Å². The second-order valence-corrected chi connectivity index (χ2v) is 7.86. The van der Waals surface area contributed by atoms with Crippen LogP contribution in [-0.2, 0) is 10.0 Å². The van der Waals surface area contributed by atoms with Crippen LogP contribution in [0.2, 0.25) is 0 Å². The van der Waals surface area contributed by atoms with Crippen molar-refractivity contribution in [1.82, 2.24) is 4.72 Å². The third kappa shape index (κ3) is 2.40. The summed E-state index contributed by atoms with van der Waals surface area (Å²) in [5.41, 5.74) is 0. The Morgan fingerprint density at radius 3 is 2.65 bits per heavy atom. The Balaban J connectivity index is 1.83. The van der Waals surface area contributed by atoms with Gasteiger partial charge in [0, 0.05) is 12.1 Å². The largest absolute Gasteiger partial charge is 0.475 e. The molecule has 2 aliphatic carbocycles. The zero-order chi connectivity index (χ0) is 14.5. The molecular weight excluding hydrogens is 350 g/mol. The van der Waals surface area contributed by atoms with Gasteiger partial charge in [0.05, 0.1) is 0 Å². The third-order valence-electron chi connectivity index (χ3n) is 4.20. The number of fused-ring (bicyclic) bond motifs is 2. The number of sulfonamides is 1. The first-order chi connectivity index (χ1) is 9.37. The molecule has 0 aliphatic heterocycles. The van der Waals surface area contributed by atoms with Crippen LogP contribution in [0, 0.1) is 11.8 Å². The molecule has 1 aromatic heterocycles. The van der Waals surface area contributed by atoms with Crippen molar-refractivity contribution in [3.05, 3.63) is 16.5 Å². The van der Waals surface area contributed by atoms with E-state index < -0.39 is 21.8 Å². The summed E-state index contributed by atoms with van der Waals surface area (Å²) in [7, 11) is -3.76. The minimum absolute atomic E-state index is 0.0474. The maximum absolute atomic E-state index is 12.3. The smallest absolute Gasteiger partial charge is 0.371 e. The number of carboxylic acid groups (broad SMARTS) is 1. The number of furan rings is 1. The first-order valence-electron chi connectivity index (χ1n) is 6.42. The average molecular weight is 364 g/mol. The summed E-state index contributed by atoms with van der Waals surface area (Å²) in [6.45, 7) is 0. The fourth-order valence-electron chi connectivity index (χ4n) is 3.29. The number of carbonyl (C=O) groups is 1. The van der Waals surface area contributed by atoms with Gasteiger partial charge in [-0.3, -0.25) is 0 Å². The molecule has 8 heteroatoms. The van der Waals surface area contributed by atoms with Crippen LogP contribution in [0.15, 0.2) is 20.0 Å². The van der Waals surface area contributed by atoms with Gasteiger partial charge in [0.1, 0.15) is 4.90 Å². The van der Waals surface area contributed by atoms with Crippen molar-refractivity contribution in [2.24, 2.45) is 11.8 Å². The monoisotopic (exact) mass is 363 g/mol. The Kier molecular flexibility index (Phi) is 3.42. The van der Waals surface area contributed by atoms with Crippen LogP contribution in [-0.4, -0.2) is 25.5 Å². The molecule has 0 amide bonds. The van der Waals surface area contributed by atoms with Crippen molar-refractivity contribution in [2.75, 3.05) is 0 Å². The molecule has 0 saturated heterocycles. The molecule has 0 radical (unpaired) electrons. The normalized spacial score (nSPS) is 28.9. The summed E-state index contributed by atoms with van der Waals surface area (Å²) < 4.78 is 32.1. The topological polar surface area (TPSA) is 96.6 Å². The van der Waals surface area contributed by atoms with Crippen LogP contribution >= 0.6 is 15.9 Å². The molecule has 3 unspecified atom stereocenters. The summed E-state index contributed by atoms with van der Waals surface area (Å²) >= 11 is 2.96. The van der Waals surface area contributed by atoms with E-state index in [0.29, 0.717) is 11.8 Å². The van der Waals surface area contributed by atoms with Crippen LogP contribution in [0.25, 0.3) is 0 Å². The zero-order valence-electron chi connectivity index (χ0n) is 10.5. The van der Waals surface area contributed by atoms with E-state index in [4.69, 9.17) is 9.52 Å². The number of hydrogen-bond donors (Lipinski definition) is 2. The van der Waals surface area contributed by atoms with Crippen LogP contribution in [0.5, 0.6) is 0 Å². The molecule has 2 aliphatic rings. The minimum atomic E-state index is -3.76. The van der Waals surface area contributed by atoms with Gasteiger partial charge in [-0.25, -0.2) is 17.9 Å². The van der Waals surface area contributed by atoms with E-state index in [2.05, 4.69) is 20.7 Å². The number of hydrogen-bond acceptors (Lipinski definition) is 4. The molecule has 3 rings (SSSR count). The first-order valence-corrected chi connectivity index (χ1v) is 8.69. The number of carboxylic acids is 1. The minimum Gasteiger partial charge on any atom is -0.475 e.